The summed E-state index contributed by atoms with van der Waals surface area (Å²) in [7, 11) is 2.13. The number of likely N-dealkylation sites (N-methyl/N-ethyl adjacent to an activating group) is 1. The third-order valence-electron chi connectivity index (χ3n) is 9.53. The van der Waals surface area contributed by atoms with Crippen molar-refractivity contribution in [2.75, 3.05) is 63.3 Å². The summed E-state index contributed by atoms with van der Waals surface area (Å²) in [4.78, 5) is 16.7. The predicted molar refractivity (Wildman–Crippen MR) is 198 cm³/mol. The zero-order valence-electron chi connectivity index (χ0n) is 29.8. The first-order valence-electron chi connectivity index (χ1n) is 18.0. The number of hydrogen-bond acceptors (Lipinski definition) is 7. The molecule has 1 aromatic rings. The van der Waals surface area contributed by atoms with Crippen LogP contribution in [0, 0.1) is 5.92 Å². The van der Waals surface area contributed by atoms with Gasteiger partial charge in [0.05, 0.1) is 12.6 Å². The number of anilines is 2. The minimum atomic E-state index is -0.533. The van der Waals surface area contributed by atoms with Gasteiger partial charge >= 0.3 is 0 Å². The van der Waals surface area contributed by atoms with Crippen molar-refractivity contribution >= 4 is 17.3 Å². The molecule has 1 aliphatic carbocycles. The highest BCUT2D eigenvalue weighted by atomic mass is 16.5. The summed E-state index contributed by atoms with van der Waals surface area (Å²) in [5.41, 5.74) is 6.81. The van der Waals surface area contributed by atoms with E-state index in [9.17, 15) is 9.90 Å². The van der Waals surface area contributed by atoms with E-state index in [1.807, 2.05) is 38.1 Å². The number of allylic oxidation sites excluding steroid dienone is 8. The zero-order valence-corrected chi connectivity index (χ0v) is 29.8. The van der Waals surface area contributed by atoms with Crippen molar-refractivity contribution in [1.82, 2.24) is 10.2 Å². The van der Waals surface area contributed by atoms with E-state index in [0.29, 0.717) is 30.7 Å². The second-order valence-electron chi connectivity index (χ2n) is 12.9. The maximum absolute atomic E-state index is 11.9. The van der Waals surface area contributed by atoms with Crippen LogP contribution < -0.4 is 15.5 Å². The molecule has 8 nitrogen and oxygen atoms in total. The van der Waals surface area contributed by atoms with Crippen molar-refractivity contribution in [1.29, 1.82) is 0 Å². The lowest BCUT2D eigenvalue weighted by Gasteiger charge is -2.29. The van der Waals surface area contributed by atoms with Gasteiger partial charge in [-0.3, -0.25) is 4.79 Å². The van der Waals surface area contributed by atoms with Gasteiger partial charge in [-0.15, -0.1) is 0 Å². The number of likely N-dealkylation sites (tertiary alicyclic amines) is 1. The summed E-state index contributed by atoms with van der Waals surface area (Å²) in [6.45, 7) is 13.0. The van der Waals surface area contributed by atoms with E-state index in [1.54, 1.807) is 0 Å². The normalized spacial score (nSPS) is 20.5. The molecule has 0 aromatic heterocycles. The number of ether oxygens (including phenoxy) is 2. The Hall–Kier alpha value is -3.75. The number of carbonyl (C=O) groups is 1. The summed E-state index contributed by atoms with van der Waals surface area (Å²) in [5.74, 6) is 1.28. The van der Waals surface area contributed by atoms with E-state index in [1.165, 1.54) is 35.4 Å². The standard InChI is InChI=1S/C40H58N4O4/c1-6-13-31(8-3)40-36-20-18-33(42-39(46)28-45)27-38(36)43(5)37(40)16-12-15-35(14-7-2)48-29-30-25-32(41-21-24-47-9-4)17-19-34(26-30)44-22-10-11-23-44/h7,12,14-20,26-27,31,37,40-41,45H,6,8-11,13,21-25,28-29H2,1-5H3,(H,42,46)/b14-7-,16-12+,35-15+. The van der Waals surface area contributed by atoms with Crippen LogP contribution in [0.25, 0.3) is 0 Å². The molecule has 3 unspecified atom stereocenters. The van der Waals surface area contributed by atoms with E-state index in [0.717, 1.165) is 63.4 Å². The number of amides is 1. The van der Waals surface area contributed by atoms with Crippen LogP contribution in [-0.2, 0) is 14.3 Å². The minimum Gasteiger partial charge on any atom is -0.489 e. The molecule has 0 saturated carbocycles. The van der Waals surface area contributed by atoms with Crippen molar-refractivity contribution in [2.45, 2.75) is 78.2 Å². The quantitative estimate of drug-likeness (QED) is 0.0874. The maximum Gasteiger partial charge on any atom is 0.250 e. The topological polar surface area (TPSA) is 86.3 Å². The molecule has 48 heavy (non-hydrogen) atoms. The fourth-order valence-corrected chi connectivity index (χ4v) is 7.15. The highest BCUT2D eigenvalue weighted by Crippen LogP contribution is 2.47. The number of aliphatic hydroxyl groups excluding tert-OH is 1. The smallest absolute Gasteiger partial charge is 0.250 e. The molecule has 2 aliphatic heterocycles. The number of hydrogen-bond donors (Lipinski definition) is 3. The van der Waals surface area contributed by atoms with Crippen LogP contribution >= 0.6 is 0 Å². The van der Waals surface area contributed by atoms with Gasteiger partial charge in [-0.2, -0.15) is 0 Å². The third kappa shape index (κ3) is 10.1. The molecule has 8 heteroatoms. The van der Waals surface area contributed by atoms with Gasteiger partial charge in [-0.1, -0.05) is 57.4 Å². The number of aliphatic hydroxyl groups is 1. The number of nitrogens with zero attached hydrogens (tertiary/aromatic N) is 2. The Bertz CT molecular complexity index is 1390. The van der Waals surface area contributed by atoms with E-state index < -0.39 is 12.5 Å². The summed E-state index contributed by atoms with van der Waals surface area (Å²) in [5, 5.41) is 15.6. The van der Waals surface area contributed by atoms with Crippen molar-refractivity contribution in [3.8, 4) is 0 Å². The largest absolute Gasteiger partial charge is 0.489 e. The molecule has 1 aromatic carbocycles. The molecule has 262 valence electrons. The first-order valence-corrected chi connectivity index (χ1v) is 18.0. The number of rotatable bonds is 18. The number of carbonyl (C=O) groups excluding carboxylic acids is 1. The number of fused-ring (bicyclic) bond motifs is 1. The van der Waals surface area contributed by atoms with Gasteiger partial charge in [0.1, 0.15) is 19.0 Å². The van der Waals surface area contributed by atoms with Crippen molar-refractivity contribution in [3.05, 3.63) is 95.1 Å². The lowest BCUT2D eigenvalue weighted by atomic mass is 9.78. The third-order valence-corrected chi connectivity index (χ3v) is 9.53. The second kappa shape index (κ2) is 19.3. The van der Waals surface area contributed by atoms with E-state index in [-0.39, 0.29) is 6.04 Å². The molecule has 0 bridgehead atoms. The average Bonchev–Trinajstić information content (AvgIpc) is 3.66. The molecule has 1 fully saturated rings. The summed E-state index contributed by atoms with van der Waals surface area (Å²) in [6, 6.07) is 6.31. The number of benzene rings is 1. The maximum atomic E-state index is 11.9. The van der Waals surface area contributed by atoms with Gasteiger partial charge < -0.3 is 35.0 Å². The van der Waals surface area contributed by atoms with Crippen LogP contribution in [0.3, 0.4) is 0 Å². The molecule has 1 amide bonds. The Kier molecular flexibility index (Phi) is 14.9. The van der Waals surface area contributed by atoms with E-state index in [4.69, 9.17) is 9.47 Å². The van der Waals surface area contributed by atoms with Gasteiger partial charge in [-0.25, -0.2) is 0 Å². The predicted octanol–water partition coefficient (Wildman–Crippen LogP) is 7.20. The van der Waals surface area contributed by atoms with Gasteiger partial charge in [0, 0.05) is 68.4 Å². The highest BCUT2D eigenvalue weighted by Gasteiger charge is 2.39. The Morgan fingerprint density at radius 2 is 1.98 bits per heavy atom. The highest BCUT2D eigenvalue weighted by molar-refractivity contribution is 5.92. The average molecular weight is 659 g/mol. The number of nitrogens with one attached hydrogen (secondary N) is 2. The van der Waals surface area contributed by atoms with Crippen LogP contribution in [-0.4, -0.2) is 75.1 Å². The molecule has 3 N–H and O–H groups in total. The molecule has 4 rings (SSSR count). The lowest BCUT2D eigenvalue weighted by Crippen LogP contribution is -2.32. The summed E-state index contributed by atoms with van der Waals surface area (Å²) in [6.07, 6.45) is 24.0. The van der Waals surface area contributed by atoms with Crippen LogP contribution in [0.4, 0.5) is 11.4 Å². The lowest BCUT2D eigenvalue weighted by molar-refractivity contribution is -0.118. The monoisotopic (exact) mass is 658 g/mol. The SMILES string of the molecule is C\C=C/C(=C\C=C\C1C(C(CC)CCC)c2ccc(NC(=O)CO)cc2N1C)OCC1=CC(N2CCCC2)=CC=C(NCCOCC)C1. The summed E-state index contributed by atoms with van der Waals surface area (Å²) >= 11 is 0. The van der Waals surface area contributed by atoms with Gasteiger partial charge in [0.15, 0.2) is 0 Å². The molecular formula is C40H58N4O4. The van der Waals surface area contributed by atoms with Crippen LogP contribution in [0.5, 0.6) is 0 Å². The van der Waals surface area contributed by atoms with E-state index >= 15 is 0 Å². The Labute approximate surface area is 288 Å². The Morgan fingerprint density at radius 1 is 1.17 bits per heavy atom. The van der Waals surface area contributed by atoms with Gasteiger partial charge in [0.2, 0.25) is 5.91 Å². The first kappa shape index (κ1) is 37.1. The Morgan fingerprint density at radius 3 is 2.69 bits per heavy atom. The second-order valence-corrected chi connectivity index (χ2v) is 12.9. The van der Waals surface area contributed by atoms with Crippen molar-refractivity contribution in [2.24, 2.45) is 5.92 Å². The van der Waals surface area contributed by atoms with Gasteiger partial charge in [-0.05, 0) is 86.3 Å². The molecule has 1 saturated heterocycles. The van der Waals surface area contributed by atoms with Crippen molar-refractivity contribution in [3.63, 3.8) is 0 Å². The molecule has 2 heterocycles. The Balaban J connectivity index is 1.52. The first-order chi connectivity index (χ1) is 23.4. The fraction of sp³-hybridized carbons (Fsp3) is 0.525. The van der Waals surface area contributed by atoms with E-state index in [2.05, 4.69) is 83.9 Å². The molecule has 3 aliphatic rings. The molecule has 0 radical (unpaired) electrons. The molecule has 0 spiro atoms. The molecular weight excluding hydrogens is 600 g/mol. The molecule has 3 atom stereocenters. The van der Waals surface area contributed by atoms with Crippen molar-refractivity contribution < 1.29 is 19.4 Å². The summed E-state index contributed by atoms with van der Waals surface area (Å²) < 4.78 is 12.0. The van der Waals surface area contributed by atoms with Crippen LogP contribution in [0.15, 0.2) is 89.5 Å². The fourth-order valence-electron chi connectivity index (χ4n) is 7.15. The zero-order chi connectivity index (χ0) is 34.3. The van der Waals surface area contributed by atoms with Crippen LogP contribution in [0.2, 0.25) is 0 Å². The minimum absolute atomic E-state index is 0.163. The van der Waals surface area contributed by atoms with Crippen LogP contribution in [0.1, 0.15) is 77.7 Å². The van der Waals surface area contributed by atoms with Gasteiger partial charge in [0.25, 0.3) is 0 Å².